The van der Waals surface area contributed by atoms with Gasteiger partial charge in [0.25, 0.3) is 0 Å². The van der Waals surface area contributed by atoms with E-state index in [1.165, 1.54) is 6.20 Å². The van der Waals surface area contributed by atoms with Crippen LogP contribution in [0.1, 0.15) is 71.5 Å². The van der Waals surface area contributed by atoms with Crippen molar-refractivity contribution in [1.29, 1.82) is 0 Å². The number of halogens is 3. The molecule has 0 bridgehead atoms. The molecule has 3 aromatic heterocycles. The molecule has 0 saturated heterocycles. The van der Waals surface area contributed by atoms with Gasteiger partial charge in [-0.25, -0.2) is 13.2 Å². The molecule has 0 aliphatic rings. The second-order valence-electron chi connectivity index (χ2n) is 24.2. The van der Waals surface area contributed by atoms with Crippen molar-refractivity contribution < 1.29 is 41.8 Å². The van der Waals surface area contributed by atoms with Crippen molar-refractivity contribution in [3.63, 3.8) is 0 Å². The zero-order valence-corrected chi connectivity index (χ0v) is 50.1. The summed E-state index contributed by atoms with van der Waals surface area (Å²) in [5.74, 6) is -1.86. The predicted molar refractivity (Wildman–Crippen MR) is 307 cm³/mol. The summed E-state index contributed by atoms with van der Waals surface area (Å²) in [5, 5.41) is 4.24. The molecule has 0 fully saturated rings. The molecule has 0 aliphatic carbocycles. The van der Waals surface area contributed by atoms with Crippen LogP contribution in [0.25, 0.3) is 72.1 Å². The van der Waals surface area contributed by atoms with Gasteiger partial charge in [-0.3, -0.25) is 4.98 Å². The van der Waals surface area contributed by atoms with Gasteiger partial charge in [0.2, 0.25) is 5.92 Å². The quantitative estimate of drug-likeness (QED) is 0.0805. The van der Waals surface area contributed by atoms with E-state index in [2.05, 4.69) is 125 Å². The third-order valence-electron chi connectivity index (χ3n) is 13.0. The third kappa shape index (κ3) is 12.6. The van der Waals surface area contributed by atoms with Gasteiger partial charge in [0.05, 0.1) is 30.5 Å². The first-order valence-corrected chi connectivity index (χ1v) is 36.5. The number of nitrogens with zero attached hydrogens (tertiary/aromatic N) is 3. The summed E-state index contributed by atoms with van der Waals surface area (Å²) in [6, 6.07) is 45.1. The number of fused-ring (bicyclic) bond motifs is 6. The molecule has 3 heterocycles. The van der Waals surface area contributed by atoms with Gasteiger partial charge in [-0.15, -0.1) is 54.1 Å². The molecule has 0 amide bonds. The van der Waals surface area contributed by atoms with Gasteiger partial charge in [0, 0.05) is 75.5 Å². The topological polar surface area (TPSA) is 43.9 Å². The Hall–Kier alpha value is -4.91. The zero-order chi connectivity index (χ0) is 54.6. The fourth-order valence-electron chi connectivity index (χ4n) is 10.6. The monoisotopic (exact) mass is 1210 g/mol. The van der Waals surface area contributed by atoms with Crippen molar-refractivity contribution >= 4 is 68.0 Å². The van der Waals surface area contributed by atoms with E-state index in [9.17, 15) is 0 Å². The second kappa shape index (κ2) is 21.4. The summed E-state index contributed by atoms with van der Waals surface area (Å²) in [4.78, 5) is 9.57. The maximum atomic E-state index is 16.8. The maximum absolute atomic E-state index is 16.8. The van der Waals surface area contributed by atoms with E-state index in [4.69, 9.17) is 13.5 Å². The van der Waals surface area contributed by atoms with Crippen LogP contribution in [0.15, 0.2) is 126 Å². The summed E-state index contributed by atoms with van der Waals surface area (Å²) in [6.45, 7) is 25.0. The minimum absolute atomic E-state index is 0. The Bertz CT molecular complexity index is 3470. The fourth-order valence-corrected chi connectivity index (χ4v) is 16.6. The number of alkyl halides is 3. The largest absolute Gasteiger partial charge is 0.500 e. The molecule has 0 saturated carbocycles. The van der Waals surface area contributed by atoms with E-state index in [0.29, 0.717) is 28.9 Å². The molecule has 0 unspecified atom stereocenters. The van der Waals surface area contributed by atoms with E-state index in [1.807, 2.05) is 86.4 Å². The summed E-state index contributed by atoms with van der Waals surface area (Å²) in [6.07, 6.45) is 1.09. The Kier molecular flexibility index (Phi) is 15.1. The van der Waals surface area contributed by atoms with Crippen LogP contribution in [0.3, 0.4) is 0 Å². The second-order valence-corrected chi connectivity index (χ2v) is 40.6. The Morgan fingerprint density at radius 2 is 1.29 bits per heavy atom. The standard InChI is InChI=1S/C41H41F2N2OSi.C21H31FNSi2.Ir/c1-25(2)33-21-27(23-41(42,43)24-47(5,6)7)22-34(26(3)4)37(33)45-36-18-11-10-17-35(36)44-40(45)32-16-12-15-30-31-20-19-28-13-8-9-14-29(28)38(31)46-39(30)32;1-17-14-23-20(18-11-9-8-10-12-18)13-19(17)21(22,15-24(2,3)4)16-25(5,6)7;/h8-15,17-22,25-26H,23-24H2,1-7H3;8-11,13-14H,15-16H2,1-7H3;/q2*-1;/i;1D3;. The first-order chi connectivity index (χ1) is 34.9. The van der Waals surface area contributed by atoms with Crippen molar-refractivity contribution in [3.8, 4) is 28.3 Å². The van der Waals surface area contributed by atoms with E-state index >= 15 is 13.2 Å². The number of imidazole rings is 1. The van der Waals surface area contributed by atoms with Crippen molar-refractivity contribution in [1.82, 2.24) is 14.5 Å². The maximum Gasteiger partial charge on any atom is 0.249 e. The molecule has 0 atom stereocenters. The first kappa shape index (κ1) is 51.6. The Balaban J connectivity index is 0.000000249. The molecular formula is C62H72F3IrN3OSi3-2. The van der Waals surface area contributed by atoms with E-state index in [1.54, 1.807) is 12.1 Å². The Morgan fingerprint density at radius 3 is 1.90 bits per heavy atom. The molecular weight excluding hydrogens is 1140 g/mol. The van der Waals surface area contributed by atoms with Crippen LogP contribution in [0, 0.1) is 19.0 Å². The molecule has 4 nitrogen and oxygen atoms in total. The number of furan rings is 1. The molecule has 0 aliphatic heterocycles. The predicted octanol–water partition coefficient (Wildman–Crippen LogP) is 19.0. The molecule has 0 N–H and O–H groups in total. The van der Waals surface area contributed by atoms with Crippen molar-refractivity contribution in [2.24, 2.45) is 0 Å². The van der Waals surface area contributed by atoms with Crippen LogP contribution in [-0.2, 0) is 32.2 Å². The van der Waals surface area contributed by atoms with Gasteiger partial charge in [0.15, 0.2) is 0 Å². The Morgan fingerprint density at radius 1 is 0.671 bits per heavy atom. The summed E-state index contributed by atoms with van der Waals surface area (Å²) in [7, 11) is -5.61. The molecule has 6 aromatic carbocycles. The number of rotatable bonds is 14. The number of pyridine rings is 1. The summed E-state index contributed by atoms with van der Waals surface area (Å²) >= 11 is 0. The van der Waals surface area contributed by atoms with E-state index in [0.717, 1.165) is 77.5 Å². The number of hydrogen-bond donors (Lipinski definition) is 0. The Labute approximate surface area is 452 Å². The molecule has 11 heteroatoms. The van der Waals surface area contributed by atoms with E-state index in [-0.39, 0.29) is 50.0 Å². The number of para-hydroxylation sites is 2. The van der Waals surface area contributed by atoms with Gasteiger partial charge in [-0.05, 0) is 81.8 Å². The molecule has 73 heavy (non-hydrogen) atoms. The van der Waals surface area contributed by atoms with Gasteiger partial charge in [0.1, 0.15) is 11.3 Å². The van der Waals surface area contributed by atoms with Gasteiger partial charge in [-0.2, -0.15) is 0 Å². The minimum atomic E-state index is -2.75. The van der Waals surface area contributed by atoms with E-state index < -0.39 is 42.7 Å². The number of hydrogen-bond acceptors (Lipinski definition) is 3. The van der Waals surface area contributed by atoms with Gasteiger partial charge >= 0.3 is 0 Å². The van der Waals surface area contributed by atoms with Crippen molar-refractivity contribution in [3.05, 3.63) is 161 Å². The fraction of sp³-hybridized carbons (Fsp3) is 0.355. The third-order valence-corrected chi connectivity index (χ3v) is 17.9. The normalized spacial score (nSPS) is 13.6. The van der Waals surface area contributed by atoms with Crippen LogP contribution in [0.4, 0.5) is 13.2 Å². The summed E-state index contributed by atoms with van der Waals surface area (Å²) < 4.78 is 80.6. The van der Waals surface area contributed by atoms with Crippen molar-refractivity contribution in [2.45, 2.75) is 141 Å². The molecule has 9 aromatic rings. The number of aryl methyl sites for hydroxylation is 1. The average molecular weight is 1210 g/mol. The minimum Gasteiger partial charge on any atom is -0.500 e. The molecule has 0 spiro atoms. The van der Waals surface area contributed by atoms with Crippen LogP contribution < -0.4 is 0 Å². The van der Waals surface area contributed by atoms with Crippen LogP contribution in [-0.4, -0.2) is 44.7 Å². The molecule has 9 rings (SSSR count). The summed E-state index contributed by atoms with van der Waals surface area (Å²) in [5.41, 5.74) is 7.87. The molecule has 385 valence electrons. The zero-order valence-electron chi connectivity index (χ0n) is 47.7. The van der Waals surface area contributed by atoms with Crippen LogP contribution in [0.2, 0.25) is 77.1 Å². The molecule has 1 radical (unpaired) electrons. The van der Waals surface area contributed by atoms with Crippen LogP contribution >= 0.6 is 0 Å². The average Bonchev–Trinajstić information content (AvgIpc) is 3.88. The van der Waals surface area contributed by atoms with Crippen molar-refractivity contribution in [2.75, 3.05) is 0 Å². The smallest absolute Gasteiger partial charge is 0.249 e. The number of benzene rings is 6. The van der Waals surface area contributed by atoms with Gasteiger partial charge < -0.3 is 14.0 Å². The SMILES string of the molecule is CC(C)c1cc(CC(F)(F)C[Si](C)(C)C)cc(C(C)C)c1-n1c(-c2[c-]ccc3c2oc2c4ccccc4ccc32)nc2ccccc21.[2H]C([2H])([2H])c1cnc(-c2[c-]cccc2)cc1C(F)(C[Si](C)(C)C)C[Si](C)(C)C.[Ir]. The van der Waals surface area contributed by atoms with Gasteiger partial charge in [-0.1, -0.05) is 164 Å². The first-order valence-electron chi connectivity index (χ1n) is 26.9. The van der Waals surface area contributed by atoms with Crippen LogP contribution in [0.5, 0.6) is 0 Å². The number of aromatic nitrogens is 3.